The van der Waals surface area contributed by atoms with E-state index in [4.69, 9.17) is 18.6 Å². The van der Waals surface area contributed by atoms with Crippen LogP contribution in [0.2, 0.25) is 0 Å². The number of aliphatic hydroxyl groups is 3. The van der Waals surface area contributed by atoms with Gasteiger partial charge in [0.2, 0.25) is 0 Å². The van der Waals surface area contributed by atoms with Gasteiger partial charge < -0.3 is 74.5 Å². The molecule has 1 saturated heterocycles. The predicted molar refractivity (Wildman–Crippen MR) is 144 cm³/mol. The highest BCUT2D eigenvalue weighted by Crippen LogP contribution is 2.45. The molecule has 2 aromatic rings. The van der Waals surface area contributed by atoms with Gasteiger partial charge in [-0.05, 0) is 18.2 Å². The number of fused-ring (bicyclic) bond motifs is 1. The summed E-state index contributed by atoms with van der Waals surface area (Å²) in [5, 5.41) is 101. The van der Waals surface area contributed by atoms with Gasteiger partial charge in [0.1, 0.15) is 29.3 Å². The van der Waals surface area contributed by atoms with Crippen molar-refractivity contribution in [2.24, 2.45) is 0 Å². The smallest absolute Gasteiger partial charge is 0.507 e. The van der Waals surface area contributed by atoms with E-state index in [1.807, 2.05) is 0 Å². The lowest BCUT2D eigenvalue weighted by Gasteiger charge is -2.38. The van der Waals surface area contributed by atoms with Crippen LogP contribution < -0.4 is 10.2 Å². The second kappa shape index (κ2) is 11.3. The Morgan fingerprint density at radius 2 is 1.39 bits per heavy atom. The number of phenolic OH excluding ortho intramolecular Hbond substituents is 7. The van der Waals surface area contributed by atoms with Crippen molar-refractivity contribution in [3.05, 3.63) is 58.3 Å². The fourth-order valence-corrected chi connectivity index (χ4v) is 4.52. The molecule has 232 valence electrons. The molecular formula is C28H25O16+. The average molecular weight is 617 g/mol. The molecule has 0 aromatic heterocycles. The molecule has 0 amide bonds. The molecular weight excluding hydrogens is 592 g/mol. The molecule has 0 radical (unpaired) electrons. The standard InChI is InChI=1S/C28H24O16/c29-8-20-23(38)24(39)26(44-27(40)10-3-16(34)22(37)17(35)4-10)28(43-20)42-19-7-12-13(31)5-11(30)6-18(12)41-25(19)9-1-14(32)21(36)15(33)2-9/h1-7,20,23-24,26,28-29,31-39H,8H2/p+1/t20-,23-,24+,26-,28-/m1/s1. The van der Waals surface area contributed by atoms with Gasteiger partial charge in [0, 0.05) is 29.8 Å². The molecule has 0 saturated carbocycles. The molecule has 2 heterocycles. The second-order valence-corrected chi connectivity index (χ2v) is 9.73. The van der Waals surface area contributed by atoms with Crippen molar-refractivity contribution in [3.8, 4) is 68.6 Å². The van der Waals surface area contributed by atoms with E-state index in [-0.39, 0.29) is 28.4 Å². The first-order valence-corrected chi connectivity index (χ1v) is 12.6. The molecule has 5 atom stereocenters. The van der Waals surface area contributed by atoms with Crippen LogP contribution in [0.25, 0.3) is 22.6 Å². The Labute approximate surface area is 245 Å². The minimum Gasteiger partial charge on any atom is -0.507 e. The highest BCUT2D eigenvalue weighted by Gasteiger charge is 2.52. The highest BCUT2D eigenvalue weighted by molar-refractivity contribution is 5.92. The zero-order chi connectivity index (χ0) is 32.0. The van der Waals surface area contributed by atoms with E-state index in [0.29, 0.717) is 0 Å². The summed E-state index contributed by atoms with van der Waals surface area (Å²) in [6, 6.07) is 6.57. The van der Waals surface area contributed by atoms with Crippen molar-refractivity contribution in [2.45, 2.75) is 30.7 Å². The number of benzene rings is 3. The quantitative estimate of drug-likeness (QED) is 0.0780. The summed E-state index contributed by atoms with van der Waals surface area (Å²) in [4.78, 5) is 22.6. The third-order valence-corrected chi connectivity index (χ3v) is 6.77. The Balaban J connectivity index is 1.61. The van der Waals surface area contributed by atoms with Gasteiger partial charge >= 0.3 is 5.97 Å². The molecule has 0 spiro atoms. The maximum Gasteiger partial charge on any atom is 0.518 e. The molecule has 16 nitrogen and oxygen atoms in total. The lowest BCUT2D eigenvalue weighted by atomic mass is 9.98. The fourth-order valence-electron chi connectivity index (χ4n) is 4.52. The van der Waals surface area contributed by atoms with E-state index in [9.17, 15) is 60.7 Å². The summed E-state index contributed by atoms with van der Waals surface area (Å²) in [7, 11) is 0. The third kappa shape index (κ3) is 5.40. The largest absolute Gasteiger partial charge is 0.518 e. The second-order valence-electron chi connectivity index (χ2n) is 9.73. The van der Waals surface area contributed by atoms with E-state index >= 15 is 0 Å². The number of hydrogen-bond acceptors (Lipinski definition) is 15. The third-order valence-electron chi connectivity index (χ3n) is 6.77. The van der Waals surface area contributed by atoms with E-state index < -0.39 is 94.5 Å². The van der Waals surface area contributed by atoms with E-state index in [1.165, 1.54) is 0 Å². The van der Waals surface area contributed by atoms with E-state index in [1.54, 1.807) is 0 Å². The molecule has 2 aromatic carbocycles. The Morgan fingerprint density at radius 3 is 1.98 bits per heavy atom. The summed E-state index contributed by atoms with van der Waals surface area (Å²) in [5.74, 6) is -7.47. The van der Waals surface area contributed by atoms with Crippen molar-refractivity contribution in [1.82, 2.24) is 0 Å². The van der Waals surface area contributed by atoms with Gasteiger partial charge in [-0.3, -0.25) is 4.79 Å². The van der Waals surface area contributed by atoms with Gasteiger partial charge in [-0.1, -0.05) is 0 Å². The number of ether oxygens (including phenoxy) is 3. The normalized spacial score (nSPS) is 21.7. The number of aromatic hydroxyl groups is 7. The number of hydrogen-bond donors (Lipinski definition) is 10. The molecule has 0 unspecified atom stereocenters. The summed E-state index contributed by atoms with van der Waals surface area (Å²) >= 11 is 0. The van der Waals surface area contributed by atoms with Crippen molar-refractivity contribution >= 4 is 5.97 Å². The number of phenols is 7. The molecule has 0 bridgehead atoms. The van der Waals surface area contributed by atoms with Crippen molar-refractivity contribution in [3.63, 3.8) is 0 Å². The topological polar surface area (TPSA) is 282 Å². The van der Waals surface area contributed by atoms with Gasteiger partial charge in [0.15, 0.2) is 57.5 Å². The van der Waals surface area contributed by atoms with Crippen LogP contribution in [0, 0.1) is 0 Å². The molecule has 11 N–H and O–H groups in total. The lowest BCUT2D eigenvalue weighted by Crippen LogP contribution is -2.61. The number of aliphatic hydroxyl groups excluding tert-OH is 3. The Bertz CT molecular complexity index is 1720. The minimum absolute atomic E-state index is 0.0763. The predicted octanol–water partition coefficient (Wildman–Crippen LogP) is 0.104. The molecule has 3 aliphatic rings. The maximum atomic E-state index is 12.0. The van der Waals surface area contributed by atoms with E-state index in [0.717, 1.165) is 42.5 Å². The highest BCUT2D eigenvalue weighted by atomic mass is 16.7. The Kier molecular flexibility index (Phi) is 7.75. The van der Waals surface area contributed by atoms with Gasteiger partial charge in [-0.2, -0.15) is 0 Å². The van der Waals surface area contributed by atoms with Crippen LogP contribution in [0.15, 0.2) is 51.7 Å². The average Bonchev–Trinajstić information content (AvgIpc) is 2.97. The first-order valence-electron chi connectivity index (χ1n) is 12.6. The molecule has 1 fully saturated rings. The summed E-state index contributed by atoms with van der Waals surface area (Å²) in [5.41, 5.74) is -1.24. The number of rotatable bonds is 6. The zero-order valence-corrected chi connectivity index (χ0v) is 22.1. The van der Waals surface area contributed by atoms with Crippen LogP contribution in [-0.4, -0.2) is 99.1 Å². The Hall–Kier alpha value is -5.42. The summed E-state index contributed by atoms with van der Waals surface area (Å²) < 4.78 is 22.7. The first kappa shape index (κ1) is 30.1. The maximum absolute atomic E-state index is 12.0. The first-order chi connectivity index (χ1) is 20.8. The van der Waals surface area contributed by atoms with Crippen LogP contribution >= 0.6 is 0 Å². The summed E-state index contributed by atoms with van der Waals surface area (Å²) in [6.07, 6.45) is -8.89. The van der Waals surface area contributed by atoms with Crippen LogP contribution in [-0.2, 0) is 9.47 Å². The Morgan fingerprint density at radius 1 is 0.795 bits per heavy atom. The number of carbonyl (C=O) groups excluding carboxylic acids is 1. The molecule has 2 aliphatic heterocycles. The molecule has 5 rings (SSSR count). The van der Waals surface area contributed by atoms with E-state index in [2.05, 4.69) is 0 Å². The van der Waals surface area contributed by atoms with Crippen molar-refractivity contribution in [1.29, 1.82) is 0 Å². The van der Waals surface area contributed by atoms with Gasteiger partial charge in [-0.25, -0.2) is 0 Å². The fraction of sp³-hybridized carbons (Fsp3) is 0.214. The van der Waals surface area contributed by atoms with Crippen LogP contribution in [0.4, 0.5) is 0 Å². The van der Waals surface area contributed by atoms with Gasteiger partial charge in [0.25, 0.3) is 12.4 Å². The lowest BCUT2D eigenvalue weighted by molar-refractivity contribution is -0.274. The molecule has 1 aliphatic carbocycles. The van der Waals surface area contributed by atoms with Crippen LogP contribution in [0.5, 0.6) is 46.0 Å². The number of esters is 1. The minimum atomic E-state index is -1.94. The molecule has 16 heteroatoms. The van der Waals surface area contributed by atoms with Gasteiger partial charge in [0.05, 0.1) is 12.2 Å². The van der Waals surface area contributed by atoms with Gasteiger partial charge in [-0.15, -0.1) is 0 Å². The van der Waals surface area contributed by atoms with Crippen molar-refractivity contribution in [2.75, 3.05) is 6.61 Å². The summed E-state index contributed by atoms with van der Waals surface area (Å²) in [6.45, 7) is -0.831. The van der Waals surface area contributed by atoms with Crippen molar-refractivity contribution < 1.29 is 74.5 Å². The van der Waals surface area contributed by atoms with Crippen LogP contribution in [0.1, 0.15) is 5.56 Å². The van der Waals surface area contributed by atoms with Crippen LogP contribution in [0.3, 0.4) is 0 Å². The SMILES string of the molecule is O=c1cc2oc(-c3cc(O)c(O)c(O)c3)c(O[C@@H]3O[C@H](CO)[C@@H](O)[C@H](O)[C@H]3OC(=[OH+])c3cc(O)c(O)c(O)c3)cc-2c(O)c1. The molecule has 44 heavy (non-hydrogen) atoms. The zero-order valence-electron chi connectivity index (χ0n) is 22.1. The monoisotopic (exact) mass is 617 g/mol.